The number of hydrogen-bond acceptors (Lipinski definition) is 2. The maximum absolute atomic E-state index is 10.4. The summed E-state index contributed by atoms with van der Waals surface area (Å²) in [4.78, 5) is 0. The second kappa shape index (κ2) is 5.43. The van der Waals surface area contributed by atoms with E-state index in [1.165, 1.54) is 18.4 Å². The van der Waals surface area contributed by atoms with E-state index in [9.17, 15) is 5.11 Å². The normalized spacial score (nSPS) is 23.5. The van der Waals surface area contributed by atoms with Gasteiger partial charge in [0.1, 0.15) is 0 Å². The predicted molar refractivity (Wildman–Crippen MR) is 78.3 cm³/mol. The second-order valence-corrected chi connectivity index (χ2v) is 6.62. The molecule has 0 amide bonds. The van der Waals surface area contributed by atoms with Crippen molar-refractivity contribution in [2.24, 2.45) is 5.92 Å². The van der Waals surface area contributed by atoms with Gasteiger partial charge >= 0.3 is 0 Å². The Hall–Kier alpha value is -0.570. The van der Waals surface area contributed by atoms with Gasteiger partial charge in [-0.05, 0) is 49.3 Å². The highest BCUT2D eigenvalue weighted by Crippen LogP contribution is 2.41. The van der Waals surface area contributed by atoms with E-state index in [4.69, 9.17) is 11.6 Å². The third-order valence-corrected chi connectivity index (χ3v) is 4.76. The standard InChI is InChI=1S/C16H22ClNO/c17-14-7-5-13(6-8-14)15(12-3-4-12)18-11-16(19)9-1-2-10-16/h5-8,12,15,18-19H,1-4,9-11H2. The highest BCUT2D eigenvalue weighted by atomic mass is 35.5. The molecule has 0 aliphatic heterocycles. The zero-order chi connectivity index (χ0) is 13.3. The lowest BCUT2D eigenvalue weighted by Gasteiger charge is -2.27. The maximum atomic E-state index is 10.4. The van der Waals surface area contributed by atoms with Gasteiger partial charge in [-0.3, -0.25) is 0 Å². The van der Waals surface area contributed by atoms with Crippen molar-refractivity contribution in [1.82, 2.24) is 5.32 Å². The fraction of sp³-hybridized carbons (Fsp3) is 0.625. The van der Waals surface area contributed by atoms with Crippen molar-refractivity contribution in [3.63, 3.8) is 0 Å². The molecule has 0 radical (unpaired) electrons. The second-order valence-electron chi connectivity index (χ2n) is 6.18. The first-order chi connectivity index (χ1) is 9.16. The molecular formula is C16H22ClNO. The van der Waals surface area contributed by atoms with Crippen molar-refractivity contribution < 1.29 is 5.11 Å². The summed E-state index contributed by atoms with van der Waals surface area (Å²) < 4.78 is 0. The SMILES string of the molecule is OC1(CNC(c2ccc(Cl)cc2)C2CC2)CCCC1. The molecule has 0 spiro atoms. The minimum Gasteiger partial charge on any atom is -0.389 e. The van der Waals surface area contributed by atoms with Crippen molar-refractivity contribution in [3.05, 3.63) is 34.9 Å². The van der Waals surface area contributed by atoms with Gasteiger partial charge in [-0.1, -0.05) is 36.6 Å². The molecule has 0 saturated heterocycles. The Bertz CT molecular complexity index is 421. The summed E-state index contributed by atoms with van der Waals surface area (Å²) in [5.74, 6) is 0.728. The summed E-state index contributed by atoms with van der Waals surface area (Å²) in [7, 11) is 0. The Labute approximate surface area is 120 Å². The Morgan fingerprint density at radius 2 is 1.84 bits per heavy atom. The Kier molecular flexibility index (Phi) is 3.84. The molecule has 2 nitrogen and oxygen atoms in total. The minimum atomic E-state index is -0.473. The summed E-state index contributed by atoms with van der Waals surface area (Å²) in [6.07, 6.45) is 6.79. The van der Waals surface area contributed by atoms with Crippen LogP contribution < -0.4 is 5.32 Å². The third kappa shape index (κ3) is 3.31. The van der Waals surface area contributed by atoms with Crippen LogP contribution in [0.5, 0.6) is 0 Å². The molecule has 3 rings (SSSR count). The van der Waals surface area contributed by atoms with Crippen molar-refractivity contribution in [1.29, 1.82) is 0 Å². The third-order valence-electron chi connectivity index (χ3n) is 4.51. The fourth-order valence-electron chi connectivity index (χ4n) is 3.17. The Morgan fingerprint density at radius 1 is 1.21 bits per heavy atom. The molecule has 2 saturated carbocycles. The van der Waals surface area contributed by atoms with Crippen LogP contribution in [0.4, 0.5) is 0 Å². The van der Waals surface area contributed by atoms with Crippen molar-refractivity contribution in [3.8, 4) is 0 Å². The van der Waals surface area contributed by atoms with Crippen LogP contribution in [0.15, 0.2) is 24.3 Å². The summed E-state index contributed by atoms with van der Waals surface area (Å²) in [5, 5.41) is 14.8. The Balaban J connectivity index is 1.66. The topological polar surface area (TPSA) is 32.3 Å². The average molecular weight is 280 g/mol. The van der Waals surface area contributed by atoms with Gasteiger partial charge in [0, 0.05) is 17.6 Å². The molecule has 1 unspecified atom stereocenters. The van der Waals surface area contributed by atoms with E-state index in [1.54, 1.807) is 0 Å². The van der Waals surface area contributed by atoms with Crippen molar-refractivity contribution in [2.45, 2.75) is 50.2 Å². The van der Waals surface area contributed by atoms with Crippen LogP contribution in [-0.2, 0) is 0 Å². The highest BCUT2D eigenvalue weighted by Gasteiger charge is 2.36. The fourth-order valence-corrected chi connectivity index (χ4v) is 3.29. The minimum absolute atomic E-state index is 0.377. The monoisotopic (exact) mass is 279 g/mol. The highest BCUT2D eigenvalue weighted by molar-refractivity contribution is 6.30. The van der Waals surface area contributed by atoms with Gasteiger partial charge in [-0.25, -0.2) is 0 Å². The van der Waals surface area contributed by atoms with Gasteiger partial charge in [0.25, 0.3) is 0 Å². The van der Waals surface area contributed by atoms with E-state index < -0.39 is 5.60 Å². The molecule has 1 aromatic rings. The zero-order valence-electron chi connectivity index (χ0n) is 11.2. The molecule has 0 heterocycles. The first-order valence-corrected chi connectivity index (χ1v) is 7.75. The number of hydrogen-bond donors (Lipinski definition) is 2. The Morgan fingerprint density at radius 3 is 2.42 bits per heavy atom. The molecule has 3 heteroatoms. The van der Waals surface area contributed by atoms with Gasteiger partial charge in [-0.15, -0.1) is 0 Å². The maximum Gasteiger partial charge on any atom is 0.0771 e. The van der Waals surface area contributed by atoms with Crippen LogP contribution >= 0.6 is 11.6 Å². The van der Waals surface area contributed by atoms with Gasteiger partial charge in [0.15, 0.2) is 0 Å². The van der Waals surface area contributed by atoms with Crippen molar-refractivity contribution in [2.75, 3.05) is 6.54 Å². The quantitative estimate of drug-likeness (QED) is 0.862. The lowest BCUT2D eigenvalue weighted by atomic mass is 9.98. The lowest BCUT2D eigenvalue weighted by Crippen LogP contribution is -2.40. The number of rotatable bonds is 5. The van der Waals surface area contributed by atoms with E-state index in [0.29, 0.717) is 6.04 Å². The first-order valence-electron chi connectivity index (χ1n) is 7.38. The van der Waals surface area contributed by atoms with E-state index in [-0.39, 0.29) is 0 Å². The smallest absolute Gasteiger partial charge is 0.0771 e. The van der Waals surface area contributed by atoms with Crippen LogP contribution in [0, 0.1) is 5.92 Å². The van der Waals surface area contributed by atoms with Crippen LogP contribution in [0.25, 0.3) is 0 Å². The summed E-state index contributed by atoms with van der Waals surface area (Å²) >= 11 is 5.95. The van der Waals surface area contributed by atoms with E-state index >= 15 is 0 Å². The number of aliphatic hydroxyl groups is 1. The molecular weight excluding hydrogens is 258 g/mol. The molecule has 2 N–H and O–H groups in total. The van der Waals surface area contributed by atoms with Crippen LogP contribution in [0.2, 0.25) is 5.02 Å². The molecule has 19 heavy (non-hydrogen) atoms. The zero-order valence-corrected chi connectivity index (χ0v) is 12.0. The molecule has 0 bridgehead atoms. The molecule has 2 aliphatic rings. The van der Waals surface area contributed by atoms with Gasteiger partial charge < -0.3 is 10.4 Å². The number of nitrogens with one attached hydrogen (secondary N) is 1. The predicted octanol–water partition coefficient (Wildman–Crippen LogP) is 3.69. The molecule has 104 valence electrons. The van der Waals surface area contributed by atoms with Gasteiger partial charge in [0.05, 0.1) is 5.60 Å². The van der Waals surface area contributed by atoms with Gasteiger partial charge in [0.2, 0.25) is 0 Å². The number of halogens is 1. The van der Waals surface area contributed by atoms with Crippen molar-refractivity contribution >= 4 is 11.6 Å². The van der Waals surface area contributed by atoms with Gasteiger partial charge in [-0.2, -0.15) is 0 Å². The van der Waals surface area contributed by atoms with Crippen LogP contribution in [-0.4, -0.2) is 17.3 Å². The molecule has 1 aromatic carbocycles. The van der Waals surface area contributed by atoms with Crippen LogP contribution in [0.3, 0.4) is 0 Å². The van der Waals surface area contributed by atoms with E-state index in [2.05, 4.69) is 17.4 Å². The van der Waals surface area contributed by atoms with Crippen LogP contribution in [0.1, 0.15) is 50.1 Å². The summed E-state index contributed by atoms with van der Waals surface area (Å²) in [5.41, 5.74) is 0.827. The first kappa shape index (κ1) is 13.4. The lowest BCUT2D eigenvalue weighted by molar-refractivity contribution is 0.0440. The van der Waals surface area contributed by atoms with E-state index in [1.807, 2.05) is 12.1 Å². The molecule has 2 fully saturated rings. The summed E-state index contributed by atoms with van der Waals surface area (Å²) in [6, 6.07) is 8.51. The summed E-state index contributed by atoms with van der Waals surface area (Å²) in [6.45, 7) is 0.719. The van der Waals surface area contributed by atoms with E-state index in [0.717, 1.165) is 43.2 Å². The number of benzene rings is 1. The molecule has 2 aliphatic carbocycles. The average Bonchev–Trinajstić information content (AvgIpc) is 3.14. The largest absolute Gasteiger partial charge is 0.389 e. The molecule has 0 aromatic heterocycles. The molecule has 1 atom stereocenters.